The Morgan fingerprint density at radius 2 is 1.86 bits per heavy atom. The van der Waals surface area contributed by atoms with Gasteiger partial charge in [0.15, 0.2) is 11.5 Å². The fourth-order valence-electron chi connectivity index (χ4n) is 2.83. The Morgan fingerprint density at radius 3 is 2.43 bits per heavy atom. The summed E-state index contributed by atoms with van der Waals surface area (Å²) in [5.41, 5.74) is 1.33. The van der Waals surface area contributed by atoms with E-state index in [0.29, 0.717) is 24.5 Å². The zero-order valence-corrected chi connectivity index (χ0v) is 12.4. The highest BCUT2D eigenvalue weighted by molar-refractivity contribution is 5.50. The Kier molecular flexibility index (Phi) is 5.01. The molecule has 1 aliphatic carbocycles. The monoisotopic (exact) mass is 302 g/mol. The molecule has 1 aromatic rings. The van der Waals surface area contributed by atoms with Crippen molar-refractivity contribution in [2.45, 2.75) is 52.3 Å². The summed E-state index contributed by atoms with van der Waals surface area (Å²) in [7, 11) is 0. The number of rotatable bonds is 5. The van der Waals surface area contributed by atoms with Crippen molar-refractivity contribution in [2.75, 3.05) is 6.61 Å². The van der Waals surface area contributed by atoms with Crippen LogP contribution in [0.25, 0.3) is 0 Å². The summed E-state index contributed by atoms with van der Waals surface area (Å²) in [6.45, 7) is 4.00. The Balaban J connectivity index is 2.19. The van der Waals surface area contributed by atoms with Crippen molar-refractivity contribution in [1.29, 1.82) is 0 Å². The molecular formula is C16H21F3O2. The molecule has 1 fully saturated rings. The van der Waals surface area contributed by atoms with Crippen molar-refractivity contribution in [3.63, 3.8) is 0 Å². The van der Waals surface area contributed by atoms with Gasteiger partial charge in [0, 0.05) is 0 Å². The molecule has 0 bridgehead atoms. The molecule has 0 aromatic heterocycles. The van der Waals surface area contributed by atoms with E-state index in [0.717, 1.165) is 18.4 Å². The summed E-state index contributed by atoms with van der Waals surface area (Å²) < 4.78 is 47.6. The number of aryl methyl sites for hydroxylation is 1. The van der Waals surface area contributed by atoms with Crippen LogP contribution in [0, 0.1) is 12.8 Å². The van der Waals surface area contributed by atoms with Gasteiger partial charge in [-0.3, -0.25) is 0 Å². The molecule has 0 N–H and O–H groups in total. The Hall–Kier alpha value is -1.39. The molecule has 5 heteroatoms. The van der Waals surface area contributed by atoms with Crippen LogP contribution >= 0.6 is 0 Å². The van der Waals surface area contributed by atoms with Gasteiger partial charge in [-0.05, 0) is 49.3 Å². The van der Waals surface area contributed by atoms with Crippen molar-refractivity contribution in [3.05, 3.63) is 23.3 Å². The van der Waals surface area contributed by atoms with Gasteiger partial charge in [-0.1, -0.05) is 25.8 Å². The predicted molar refractivity (Wildman–Crippen MR) is 74.7 cm³/mol. The fourth-order valence-corrected chi connectivity index (χ4v) is 2.83. The lowest BCUT2D eigenvalue weighted by Gasteiger charge is -2.19. The van der Waals surface area contributed by atoms with Crippen LogP contribution in [0.4, 0.5) is 13.2 Å². The minimum absolute atomic E-state index is 0.189. The first-order chi connectivity index (χ1) is 9.90. The number of benzene rings is 1. The number of alkyl halides is 3. The third-order valence-corrected chi connectivity index (χ3v) is 4.03. The quantitative estimate of drug-likeness (QED) is 0.760. The maximum Gasteiger partial charge on any atom is 0.573 e. The number of hydrogen-bond acceptors (Lipinski definition) is 2. The third kappa shape index (κ3) is 4.29. The summed E-state index contributed by atoms with van der Waals surface area (Å²) in [6, 6.07) is 3.39. The van der Waals surface area contributed by atoms with Crippen molar-refractivity contribution < 1.29 is 22.6 Å². The van der Waals surface area contributed by atoms with Crippen LogP contribution < -0.4 is 9.47 Å². The molecule has 1 saturated carbocycles. The molecule has 21 heavy (non-hydrogen) atoms. The smallest absolute Gasteiger partial charge is 0.489 e. The molecule has 1 aromatic carbocycles. The van der Waals surface area contributed by atoms with Gasteiger partial charge in [-0.15, -0.1) is 13.2 Å². The topological polar surface area (TPSA) is 18.5 Å². The second-order valence-electron chi connectivity index (χ2n) is 5.54. The van der Waals surface area contributed by atoms with Gasteiger partial charge in [0.05, 0.1) is 6.61 Å². The van der Waals surface area contributed by atoms with Crippen LogP contribution in [0.1, 0.15) is 43.7 Å². The second-order valence-corrected chi connectivity index (χ2v) is 5.54. The van der Waals surface area contributed by atoms with Gasteiger partial charge in [-0.25, -0.2) is 0 Å². The van der Waals surface area contributed by atoms with Crippen molar-refractivity contribution in [3.8, 4) is 11.5 Å². The van der Waals surface area contributed by atoms with Crippen LogP contribution in [-0.4, -0.2) is 13.0 Å². The summed E-state index contributed by atoms with van der Waals surface area (Å²) >= 11 is 0. The van der Waals surface area contributed by atoms with Gasteiger partial charge in [0.25, 0.3) is 0 Å². The molecule has 0 spiro atoms. The third-order valence-electron chi connectivity index (χ3n) is 4.03. The zero-order chi connectivity index (χ0) is 15.5. The first-order valence-corrected chi connectivity index (χ1v) is 7.41. The van der Waals surface area contributed by atoms with Gasteiger partial charge in [-0.2, -0.15) is 0 Å². The molecule has 0 amide bonds. The predicted octanol–water partition coefficient (Wildman–Crippen LogP) is 5.03. The highest BCUT2D eigenvalue weighted by Crippen LogP contribution is 2.38. The van der Waals surface area contributed by atoms with Crippen LogP contribution in [0.3, 0.4) is 0 Å². The molecule has 118 valence electrons. The lowest BCUT2D eigenvalue weighted by molar-refractivity contribution is -0.275. The lowest BCUT2D eigenvalue weighted by Crippen LogP contribution is -2.19. The Labute approximate surface area is 123 Å². The van der Waals surface area contributed by atoms with Gasteiger partial charge >= 0.3 is 6.36 Å². The summed E-state index contributed by atoms with van der Waals surface area (Å²) in [4.78, 5) is 0. The maximum absolute atomic E-state index is 12.6. The van der Waals surface area contributed by atoms with Crippen LogP contribution in [0.2, 0.25) is 0 Å². The van der Waals surface area contributed by atoms with E-state index in [1.807, 2.05) is 13.0 Å². The summed E-state index contributed by atoms with van der Waals surface area (Å²) in [5.74, 6) is 0.434. The standard InChI is InChI=1S/C16H21F3O2/c1-3-13-8-9-14(20-10-12-6-4-5-7-12)15(11(13)2)21-16(17,18)19/h8-9,12H,3-7,10H2,1-2H3. The van der Waals surface area contributed by atoms with Gasteiger partial charge in [0.1, 0.15) is 0 Å². The minimum atomic E-state index is -4.71. The molecular weight excluding hydrogens is 281 g/mol. The fraction of sp³-hybridized carbons (Fsp3) is 0.625. The van der Waals surface area contributed by atoms with E-state index in [-0.39, 0.29) is 11.5 Å². The highest BCUT2D eigenvalue weighted by Gasteiger charge is 2.34. The average Bonchev–Trinajstić information content (AvgIpc) is 2.91. The van der Waals surface area contributed by atoms with Crippen molar-refractivity contribution in [1.82, 2.24) is 0 Å². The largest absolute Gasteiger partial charge is 0.573 e. The first-order valence-electron chi connectivity index (χ1n) is 7.41. The maximum atomic E-state index is 12.6. The molecule has 0 unspecified atom stereocenters. The van der Waals surface area contributed by atoms with E-state index in [4.69, 9.17) is 4.74 Å². The molecule has 0 heterocycles. The van der Waals surface area contributed by atoms with Crippen LogP contribution in [0.5, 0.6) is 11.5 Å². The van der Waals surface area contributed by atoms with Crippen molar-refractivity contribution in [2.24, 2.45) is 5.92 Å². The Bertz CT molecular complexity index is 477. The van der Waals surface area contributed by atoms with E-state index in [1.54, 1.807) is 13.0 Å². The highest BCUT2D eigenvalue weighted by atomic mass is 19.4. The van der Waals surface area contributed by atoms with Gasteiger partial charge < -0.3 is 9.47 Å². The van der Waals surface area contributed by atoms with E-state index >= 15 is 0 Å². The number of halogens is 3. The normalized spacial score (nSPS) is 16.2. The van der Waals surface area contributed by atoms with Crippen LogP contribution in [-0.2, 0) is 6.42 Å². The van der Waals surface area contributed by atoms with E-state index in [9.17, 15) is 13.2 Å². The first kappa shape index (κ1) is 16.0. The van der Waals surface area contributed by atoms with E-state index < -0.39 is 6.36 Å². The molecule has 1 aliphatic rings. The SMILES string of the molecule is CCc1ccc(OCC2CCCC2)c(OC(F)(F)F)c1C. The zero-order valence-electron chi connectivity index (χ0n) is 12.4. The lowest BCUT2D eigenvalue weighted by atomic mass is 10.0. The van der Waals surface area contributed by atoms with Gasteiger partial charge in [0.2, 0.25) is 0 Å². The van der Waals surface area contributed by atoms with Crippen LogP contribution in [0.15, 0.2) is 12.1 Å². The number of hydrogen-bond donors (Lipinski definition) is 0. The number of ether oxygens (including phenoxy) is 2. The summed E-state index contributed by atoms with van der Waals surface area (Å²) in [6.07, 6.45) is 0.468. The van der Waals surface area contributed by atoms with Crippen molar-refractivity contribution >= 4 is 0 Å². The average molecular weight is 302 g/mol. The minimum Gasteiger partial charge on any atom is -0.489 e. The Morgan fingerprint density at radius 1 is 1.19 bits per heavy atom. The van der Waals surface area contributed by atoms with E-state index in [1.165, 1.54) is 12.8 Å². The molecule has 0 radical (unpaired) electrons. The summed E-state index contributed by atoms with van der Waals surface area (Å²) in [5, 5.41) is 0. The molecule has 0 saturated heterocycles. The second kappa shape index (κ2) is 6.58. The molecule has 0 aliphatic heterocycles. The van der Waals surface area contributed by atoms with E-state index in [2.05, 4.69) is 4.74 Å². The molecule has 2 rings (SSSR count). The molecule has 0 atom stereocenters. The molecule has 2 nitrogen and oxygen atoms in total.